The van der Waals surface area contributed by atoms with Crippen LogP contribution >= 0.6 is 0 Å². The van der Waals surface area contributed by atoms with Crippen molar-refractivity contribution in [1.29, 1.82) is 0 Å². The van der Waals surface area contributed by atoms with Crippen LogP contribution in [0.1, 0.15) is 0 Å². The van der Waals surface area contributed by atoms with Gasteiger partial charge in [0.05, 0.1) is 30.1 Å². The molecule has 2 heterocycles. The second kappa shape index (κ2) is 9.09. The fraction of sp³-hybridized carbons (Fsp3) is 0.611. The van der Waals surface area contributed by atoms with E-state index in [-0.39, 0.29) is 36.2 Å². The Morgan fingerprint density at radius 2 is 1.69 bits per heavy atom. The summed E-state index contributed by atoms with van der Waals surface area (Å²) in [6, 6.07) is 7.37. The Hall–Kier alpha value is -1.53. The van der Waals surface area contributed by atoms with Crippen molar-refractivity contribution in [2.45, 2.75) is 10.9 Å². The van der Waals surface area contributed by atoms with Crippen LogP contribution in [0, 0.1) is 0 Å². The second-order valence-corrected chi connectivity index (χ2v) is 11.3. The third-order valence-corrected chi connectivity index (χ3v) is 8.23. The van der Waals surface area contributed by atoms with E-state index in [0.717, 1.165) is 6.26 Å². The Morgan fingerprint density at radius 3 is 2.31 bits per heavy atom. The van der Waals surface area contributed by atoms with E-state index < -0.39 is 25.9 Å². The van der Waals surface area contributed by atoms with Crippen LogP contribution in [0.5, 0.6) is 0 Å². The molecular formula is C18H27N3O6S2. The molecule has 162 valence electrons. The summed E-state index contributed by atoms with van der Waals surface area (Å²) >= 11 is 0. The van der Waals surface area contributed by atoms with E-state index in [1.165, 1.54) is 4.31 Å². The Labute approximate surface area is 172 Å². The van der Waals surface area contributed by atoms with Gasteiger partial charge in [-0.2, -0.15) is 4.31 Å². The molecule has 0 radical (unpaired) electrons. The summed E-state index contributed by atoms with van der Waals surface area (Å²) in [5.74, 6) is -0.344. The Balaban J connectivity index is 1.70. The van der Waals surface area contributed by atoms with Gasteiger partial charge in [0.25, 0.3) is 0 Å². The molecule has 11 heteroatoms. The van der Waals surface area contributed by atoms with Crippen molar-refractivity contribution in [2.75, 3.05) is 64.5 Å². The lowest BCUT2D eigenvalue weighted by atomic mass is 10.1. The van der Waals surface area contributed by atoms with Gasteiger partial charge in [0.15, 0.2) is 9.84 Å². The van der Waals surface area contributed by atoms with Gasteiger partial charge in [-0.05, 0) is 12.1 Å². The minimum Gasteiger partial charge on any atom is -0.378 e. The van der Waals surface area contributed by atoms with Crippen LogP contribution < -0.4 is 0 Å². The lowest BCUT2D eigenvalue weighted by Crippen LogP contribution is -2.62. The van der Waals surface area contributed by atoms with Crippen molar-refractivity contribution < 1.29 is 26.4 Å². The normalized spacial score (nSPS) is 22.5. The highest BCUT2D eigenvalue weighted by Gasteiger charge is 2.39. The minimum atomic E-state index is -3.56. The predicted octanol–water partition coefficient (Wildman–Crippen LogP) is -0.735. The molecule has 29 heavy (non-hydrogen) atoms. The van der Waals surface area contributed by atoms with E-state index in [1.54, 1.807) is 35.2 Å². The SMILES string of the molecule is CS(=O)(=O)N1CCN(CCS(=O)(=O)c2ccccc2)CC1C(=O)N1CCOCC1. The topological polar surface area (TPSA) is 104 Å². The summed E-state index contributed by atoms with van der Waals surface area (Å²) in [4.78, 5) is 16.7. The van der Waals surface area contributed by atoms with Gasteiger partial charge in [-0.1, -0.05) is 18.2 Å². The van der Waals surface area contributed by atoms with Crippen molar-refractivity contribution in [3.8, 4) is 0 Å². The first-order chi connectivity index (χ1) is 13.7. The van der Waals surface area contributed by atoms with Crippen LogP contribution in [-0.2, 0) is 29.4 Å². The first kappa shape index (κ1) is 22.2. The molecule has 2 fully saturated rings. The number of nitrogens with zero attached hydrogens (tertiary/aromatic N) is 3. The summed E-state index contributed by atoms with van der Waals surface area (Å²) < 4.78 is 56.0. The van der Waals surface area contributed by atoms with Crippen LogP contribution in [0.2, 0.25) is 0 Å². The first-order valence-corrected chi connectivity index (χ1v) is 13.0. The molecule has 1 aromatic rings. The van der Waals surface area contributed by atoms with Crippen LogP contribution in [-0.4, -0.2) is 107 Å². The molecular weight excluding hydrogens is 418 g/mol. The number of rotatable bonds is 6. The number of hydrogen-bond acceptors (Lipinski definition) is 7. The lowest BCUT2D eigenvalue weighted by Gasteiger charge is -2.41. The summed E-state index contributed by atoms with van der Waals surface area (Å²) in [5, 5.41) is 0. The number of hydrogen-bond donors (Lipinski definition) is 0. The maximum absolute atomic E-state index is 13.0. The molecule has 1 amide bonds. The Morgan fingerprint density at radius 1 is 1.03 bits per heavy atom. The monoisotopic (exact) mass is 445 g/mol. The van der Waals surface area contributed by atoms with Gasteiger partial charge in [-0.3, -0.25) is 9.69 Å². The molecule has 1 atom stereocenters. The first-order valence-electron chi connectivity index (χ1n) is 9.52. The fourth-order valence-electron chi connectivity index (χ4n) is 3.61. The van der Waals surface area contributed by atoms with E-state index >= 15 is 0 Å². The van der Waals surface area contributed by atoms with Gasteiger partial charge in [-0.25, -0.2) is 16.8 Å². The minimum absolute atomic E-state index is 0.0889. The molecule has 9 nitrogen and oxygen atoms in total. The van der Waals surface area contributed by atoms with E-state index in [9.17, 15) is 21.6 Å². The highest BCUT2D eigenvalue weighted by molar-refractivity contribution is 7.91. The van der Waals surface area contributed by atoms with Gasteiger partial charge in [0, 0.05) is 39.3 Å². The number of piperazine rings is 1. The number of ether oxygens (including phenoxy) is 1. The third kappa shape index (κ3) is 5.54. The van der Waals surface area contributed by atoms with Crippen LogP contribution in [0.15, 0.2) is 35.2 Å². The summed E-state index contributed by atoms with van der Waals surface area (Å²) in [6.45, 7) is 2.65. The van der Waals surface area contributed by atoms with Gasteiger partial charge in [0.1, 0.15) is 6.04 Å². The molecule has 2 saturated heterocycles. The number of morpholine rings is 1. The van der Waals surface area contributed by atoms with E-state index in [1.807, 2.05) is 4.90 Å². The van der Waals surface area contributed by atoms with Crippen molar-refractivity contribution in [3.05, 3.63) is 30.3 Å². The van der Waals surface area contributed by atoms with Crippen LogP contribution in [0.4, 0.5) is 0 Å². The smallest absolute Gasteiger partial charge is 0.242 e. The molecule has 1 aromatic carbocycles. The maximum Gasteiger partial charge on any atom is 0.242 e. The summed E-state index contributed by atoms with van der Waals surface area (Å²) in [7, 11) is -7.00. The van der Waals surface area contributed by atoms with E-state index in [0.29, 0.717) is 32.8 Å². The van der Waals surface area contributed by atoms with Crippen LogP contribution in [0.25, 0.3) is 0 Å². The quantitative estimate of drug-likeness (QED) is 0.568. The molecule has 0 saturated carbocycles. The highest BCUT2D eigenvalue weighted by atomic mass is 32.2. The van der Waals surface area contributed by atoms with Crippen molar-refractivity contribution in [1.82, 2.24) is 14.1 Å². The maximum atomic E-state index is 13.0. The third-order valence-electron chi connectivity index (χ3n) is 5.23. The molecule has 0 aliphatic carbocycles. The van der Waals surface area contributed by atoms with Gasteiger partial charge < -0.3 is 9.64 Å². The average Bonchev–Trinajstić information content (AvgIpc) is 2.72. The number of benzene rings is 1. The van der Waals surface area contributed by atoms with Gasteiger partial charge in [0.2, 0.25) is 15.9 Å². The van der Waals surface area contributed by atoms with Crippen molar-refractivity contribution in [2.24, 2.45) is 0 Å². The standard InChI is InChI=1S/C18H27N3O6S2/c1-28(23,24)21-8-7-19(11-14-29(25,26)16-5-3-2-4-6-16)15-17(21)18(22)20-9-12-27-13-10-20/h2-6,17H,7-15H2,1H3. The van der Waals surface area contributed by atoms with E-state index in [2.05, 4.69) is 0 Å². The number of carbonyl (C=O) groups is 1. The molecule has 0 aromatic heterocycles. The number of sulfone groups is 1. The largest absolute Gasteiger partial charge is 0.378 e. The Kier molecular flexibility index (Phi) is 6.94. The molecule has 3 rings (SSSR count). The highest BCUT2D eigenvalue weighted by Crippen LogP contribution is 2.18. The van der Waals surface area contributed by atoms with E-state index in [4.69, 9.17) is 4.74 Å². The molecule has 2 aliphatic rings. The summed E-state index contributed by atoms with van der Waals surface area (Å²) in [6.07, 6.45) is 1.10. The van der Waals surface area contributed by atoms with Gasteiger partial charge in [-0.15, -0.1) is 0 Å². The molecule has 2 aliphatic heterocycles. The fourth-order valence-corrected chi connectivity index (χ4v) is 5.95. The summed E-state index contributed by atoms with van der Waals surface area (Å²) in [5.41, 5.74) is 0. The lowest BCUT2D eigenvalue weighted by molar-refractivity contribution is -0.141. The average molecular weight is 446 g/mol. The zero-order chi connectivity index (χ0) is 21.1. The molecule has 1 unspecified atom stereocenters. The predicted molar refractivity (Wildman–Crippen MR) is 108 cm³/mol. The number of sulfonamides is 1. The zero-order valence-corrected chi connectivity index (χ0v) is 18.1. The van der Waals surface area contributed by atoms with Crippen molar-refractivity contribution >= 4 is 25.8 Å². The molecule has 0 N–H and O–H groups in total. The molecule has 0 bridgehead atoms. The van der Waals surface area contributed by atoms with Gasteiger partial charge >= 0.3 is 0 Å². The number of amides is 1. The zero-order valence-electron chi connectivity index (χ0n) is 16.4. The second-order valence-electron chi connectivity index (χ2n) is 7.26. The Bertz CT molecular complexity index is 914. The molecule has 0 spiro atoms. The van der Waals surface area contributed by atoms with Crippen molar-refractivity contribution in [3.63, 3.8) is 0 Å². The number of carbonyl (C=O) groups excluding carboxylic acids is 1. The van der Waals surface area contributed by atoms with Crippen LogP contribution in [0.3, 0.4) is 0 Å².